The summed E-state index contributed by atoms with van der Waals surface area (Å²) in [4.78, 5) is 49.3. The number of hydrogen-bond donors (Lipinski definition) is 6. The molecule has 1 aromatic carbocycles. The third kappa shape index (κ3) is 6.52. The predicted molar refractivity (Wildman–Crippen MR) is 126 cm³/mol. The van der Waals surface area contributed by atoms with Crippen molar-refractivity contribution in [3.05, 3.63) is 40.7 Å². The molecule has 0 spiro atoms. The van der Waals surface area contributed by atoms with Gasteiger partial charge >= 0.3 is 5.97 Å². The average molecular weight is 490 g/mol. The maximum absolute atomic E-state index is 12.3. The van der Waals surface area contributed by atoms with E-state index in [1.165, 1.54) is 24.3 Å². The second-order valence-electron chi connectivity index (χ2n) is 7.54. The maximum atomic E-state index is 12.3. The van der Waals surface area contributed by atoms with E-state index in [4.69, 9.17) is 33.9 Å². The Kier molecular flexibility index (Phi) is 7.81. The van der Waals surface area contributed by atoms with Crippen LogP contribution in [0.3, 0.4) is 0 Å². The fourth-order valence-electron chi connectivity index (χ4n) is 3.32. The van der Waals surface area contributed by atoms with Gasteiger partial charge in [0.25, 0.3) is 5.91 Å². The van der Waals surface area contributed by atoms with E-state index in [9.17, 15) is 14.4 Å². The Morgan fingerprint density at radius 1 is 1.12 bits per heavy atom. The summed E-state index contributed by atoms with van der Waals surface area (Å²) in [7, 11) is 0. The summed E-state index contributed by atoms with van der Waals surface area (Å²) in [5.74, 6) is -2.32. The molecule has 3 rings (SSSR count). The molecule has 180 valence electrons. The molecule has 0 aliphatic carbocycles. The number of carbonyl (C=O) groups excluding carboxylic acids is 2. The number of aromatic nitrogens is 2. The molecule has 0 bridgehead atoms. The molecule has 1 aromatic heterocycles. The monoisotopic (exact) mass is 489 g/mol. The van der Waals surface area contributed by atoms with E-state index in [0.717, 1.165) is 0 Å². The van der Waals surface area contributed by atoms with E-state index < -0.39 is 11.9 Å². The number of halogens is 1. The lowest BCUT2D eigenvalue weighted by molar-refractivity contribution is -0.117. The van der Waals surface area contributed by atoms with E-state index in [2.05, 4.69) is 25.6 Å². The first kappa shape index (κ1) is 24.7. The zero-order valence-corrected chi connectivity index (χ0v) is 18.7. The number of nitrogens with zero attached hydrogens (tertiary/aromatic N) is 4. The number of aromatic carboxylic acids is 1. The van der Waals surface area contributed by atoms with E-state index in [1.807, 2.05) is 4.90 Å². The molecule has 9 N–H and O–H groups in total. The minimum absolute atomic E-state index is 0.0890. The van der Waals surface area contributed by atoms with E-state index in [1.54, 1.807) is 0 Å². The van der Waals surface area contributed by atoms with Crippen molar-refractivity contribution in [3.8, 4) is 0 Å². The number of nitrogens with one attached hydrogen (secondary N) is 2. The van der Waals surface area contributed by atoms with Crippen molar-refractivity contribution in [2.24, 2.45) is 10.7 Å². The number of benzene rings is 1. The predicted octanol–water partition coefficient (Wildman–Crippen LogP) is 0.140. The number of rotatable bonds is 6. The van der Waals surface area contributed by atoms with Crippen LogP contribution in [0.15, 0.2) is 29.3 Å². The Bertz CT molecular complexity index is 1120. The number of piperidine rings is 1. The van der Waals surface area contributed by atoms with Gasteiger partial charge < -0.3 is 27.6 Å². The number of nitrogen functional groups attached to an aromatic ring is 2. The minimum atomic E-state index is -1.03. The van der Waals surface area contributed by atoms with Crippen LogP contribution in [0.4, 0.5) is 17.3 Å². The Labute approximate surface area is 199 Å². The van der Waals surface area contributed by atoms with Gasteiger partial charge in [-0.3, -0.25) is 19.8 Å². The second kappa shape index (κ2) is 10.8. The molecule has 1 fully saturated rings. The van der Waals surface area contributed by atoms with Gasteiger partial charge in [-0.15, -0.1) is 0 Å². The van der Waals surface area contributed by atoms with Crippen molar-refractivity contribution < 1.29 is 19.5 Å². The molecule has 0 saturated carbocycles. The van der Waals surface area contributed by atoms with Gasteiger partial charge in [0, 0.05) is 18.8 Å². The van der Waals surface area contributed by atoms with Gasteiger partial charge in [-0.05, 0) is 37.1 Å². The molecule has 1 saturated heterocycles. The van der Waals surface area contributed by atoms with Gasteiger partial charge in [0.1, 0.15) is 0 Å². The lowest BCUT2D eigenvalue weighted by Crippen LogP contribution is -2.42. The third-order valence-corrected chi connectivity index (χ3v) is 5.30. The molecule has 13 nitrogen and oxygen atoms in total. The highest BCUT2D eigenvalue weighted by molar-refractivity contribution is 6.31. The molecule has 1 aliphatic heterocycles. The molecule has 1 aliphatic rings. The third-order valence-electron chi connectivity index (χ3n) is 5.02. The lowest BCUT2D eigenvalue weighted by atomic mass is 10.1. The van der Waals surface area contributed by atoms with Crippen molar-refractivity contribution in [2.75, 3.05) is 36.4 Å². The molecule has 2 heterocycles. The number of carboxylic acid groups (broad SMARTS) is 1. The van der Waals surface area contributed by atoms with E-state index in [-0.39, 0.29) is 52.5 Å². The van der Waals surface area contributed by atoms with Gasteiger partial charge in [-0.1, -0.05) is 11.6 Å². The lowest BCUT2D eigenvalue weighted by Gasteiger charge is -2.29. The first-order valence-corrected chi connectivity index (χ1v) is 10.6. The number of amides is 2. The number of guanidine groups is 1. The summed E-state index contributed by atoms with van der Waals surface area (Å²) in [5.41, 5.74) is 17.5. The van der Waals surface area contributed by atoms with Crippen molar-refractivity contribution in [2.45, 2.75) is 18.9 Å². The number of hydrogen-bond acceptors (Lipinski definition) is 9. The van der Waals surface area contributed by atoms with Crippen molar-refractivity contribution in [3.63, 3.8) is 0 Å². The molecule has 0 unspecified atom stereocenters. The molecule has 2 amide bonds. The summed E-state index contributed by atoms with van der Waals surface area (Å²) < 4.78 is 0. The molecular formula is C20H24ClN9O4. The number of aliphatic imine (C=N–C) groups is 1. The van der Waals surface area contributed by atoms with Crippen LogP contribution in [0.2, 0.25) is 5.15 Å². The minimum Gasteiger partial charge on any atom is -0.478 e. The topological polar surface area (TPSA) is 215 Å². The zero-order chi connectivity index (χ0) is 24.8. The first-order chi connectivity index (χ1) is 16.1. The highest BCUT2D eigenvalue weighted by Crippen LogP contribution is 2.17. The second-order valence-corrected chi connectivity index (χ2v) is 7.90. The summed E-state index contributed by atoms with van der Waals surface area (Å²) >= 11 is 5.78. The highest BCUT2D eigenvalue weighted by Gasteiger charge is 2.22. The van der Waals surface area contributed by atoms with E-state index >= 15 is 0 Å². The van der Waals surface area contributed by atoms with Gasteiger partial charge in [0.2, 0.25) is 5.91 Å². The van der Waals surface area contributed by atoms with Crippen LogP contribution in [-0.4, -0.2) is 69.4 Å². The first-order valence-electron chi connectivity index (χ1n) is 10.2. The van der Waals surface area contributed by atoms with Crippen molar-refractivity contribution >= 4 is 52.7 Å². The standard InChI is InChI=1S/C20H24ClN9O4/c21-15-17(23)28-16(22)14(27-15)18(32)29-20(24)26-12-5-7-30(8-6-12)9-13(31)25-11-3-1-10(2-4-11)19(33)34/h1-4,12H,5-9H2,(H,25,31)(H,33,34)(H4,22,23,28)(H3,24,26,29,32). The quantitative estimate of drug-likeness (QED) is 0.238. The van der Waals surface area contributed by atoms with Crippen LogP contribution in [0, 0.1) is 0 Å². The number of carboxylic acids is 1. The van der Waals surface area contributed by atoms with E-state index in [0.29, 0.717) is 31.6 Å². The zero-order valence-electron chi connectivity index (χ0n) is 18.0. The molecule has 34 heavy (non-hydrogen) atoms. The number of carbonyl (C=O) groups is 3. The van der Waals surface area contributed by atoms with Crippen LogP contribution < -0.4 is 27.8 Å². The normalized spacial score (nSPS) is 15.0. The Balaban J connectivity index is 1.46. The average Bonchev–Trinajstić information content (AvgIpc) is 2.77. The van der Waals surface area contributed by atoms with Crippen LogP contribution in [0.5, 0.6) is 0 Å². The SMILES string of the molecule is NC(=NC1CCN(CC(=O)Nc2ccc(C(=O)O)cc2)CC1)NC(=O)c1nc(Cl)c(N)nc1N. The number of nitrogens with two attached hydrogens (primary N) is 3. The smallest absolute Gasteiger partial charge is 0.335 e. The molecule has 0 atom stereocenters. The Morgan fingerprint density at radius 3 is 2.38 bits per heavy atom. The molecular weight excluding hydrogens is 466 g/mol. The Morgan fingerprint density at radius 2 is 1.76 bits per heavy atom. The molecule has 0 radical (unpaired) electrons. The largest absolute Gasteiger partial charge is 0.478 e. The van der Waals surface area contributed by atoms with Gasteiger partial charge in [-0.2, -0.15) is 0 Å². The van der Waals surface area contributed by atoms with Crippen molar-refractivity contribution in [1.29, 1.82) is 0 Å². The van der Waals surface area contributed by atoms with Crippen LogP contribution in [0.1, 0.15) is 33.7 Å². The maximum Gasteiger partial charge on any atom is 0.335 e. The fourth-order valence-corrected chi connectivity index (χ4v) is 3.45. The van der Waals surface area contributed by atoms with Gasteiger partial charge in [-0.25, -0.2) is 19.8 Å². The summed E-state index contributed by atoms with van der Waals surface area (Å²) in [5, 5.41) is 13.9. The van der Waals surface area contributed by atoms with Gasteiger partial charge in [0.15, 0.2) is 28.4 Å². The Hall–Kier alpha value is -3.97. The molecule has 14 heteroatoms. The van der Waals surface area contributed by atoms with Crippen LogP contribution in [0.25, 0.3) is 0 Å². The van der Waals surface area contributed by atoms with Crippen LogP contribution in [-0.2, 0) is 4.79 Å². The van der Waals surface area contributed by atoms with Crippen LogP contribution >= 0.6 is 11.6 Å². The number of likely N-dealkylation sites (tertiary alicyclic amines) is 1. The van der Waals surface area contributed by atoms with Crippen molar-refractivity contribution in [1.82, 2.24) is 20.2 Å². The molecule has 2 aromatic rings. The summed E-state index contributed by atoms with van der Waals surface area (Å²) in [6.07, 6.45) is 1.26. The summed E-state index contributed by atoms with van der Waals surface area (Å²) in [6.45, 7) is 1.39. The number of anilines is 3. The highest BCUT2D eigenvalue weighted by atomic mass is 35.5. The van der Waals surface area contributed by atoms with Gasteiger partial charge in [0.05, 0.1) is 18.2 Å². The fraction of sp³-hybridized carbons (Fsp3) is 0.300. The summed E-state index contributed by atoms with van der Waals surface area (Å²) in [6, 6.07) is 5.79.